The maximum absolute atomic E-state index is 14.1. The van der Waals surface area contributed by atoms with Gasteiger partial charge in [-0.05, 0) is 43.2 Å². The largest absolute Gasteiger partial charge is 0.465 e. The molecule has 2 aromatic carbocycles. The third kappa shape index (κ3) is 5.03. The SMILES string of the molecule is COC(=O)c1cc(NC(=O)C2CCCN(S(=O)(=O)c3ccc(Cl)cc3)C2)c(F)cc1F. The maximum Gasteiger partial charge on any atom is 0.340 e. The molecule has 0 bridgehead atoms. The summed E-state index contributed by atoms with van der Waals surface area (Å²) < 4.78 is 59.3. The Balaban J connectivity index is 1.77. The van der Waals surface area contributed by atoms with Crippen LogP contribution in [0.2, 0.25) is 5.02 Å². The molecule has 0 aliphatic carbocycles. The zero-order valence-corrected chi connectivity index (χ0v) is 18.0. The van der Waals surface area contributed by atoms with Gasteiger partial charge in [-0.15, -0.1) is 0 Å². The van der Waals surface area contributed by atoms with Gasteiger partial charge in [0.05, 0.1) is 29.2 Å². The normalized spacial score (nSPS) is 17.2. The third-order valence-corrected chi connectivity index (χ3v) is 7.06. The van der Waals surface area contributed by atoms with Crippen LogP contribution in [-0.4, -0.2) is 44.8 Å². The van der Waals surface area contributed by atoms with E-state index in [0.717, 1.165) is 13.2 Å². The first-order valence-electron chi connectivity index (χ1n) is 9.27. The van der Waals surface area contributed by atoms with E-state index < -0.39 is 50.7 Å². The van der Waals surface area contributed by atoms with Crippen molar-refractivity contribution in [2.45, 2.75) is 17.7 Å². The lowest BCUT2D eigenvalue weighted by atomic mass is 9.98. The van der Waals surface area contributed by atoms with Crippen molar-refractivity contribution in [2.75, 3.05) is 25.5 Å². The van der Waals surface area contributed by atoms with Crippen LogP contribution in [0, 0.1) is 17.6 Å². The summed E-state index contributed by atoms with van der Waals surface area (Å²) in [5.74, 6) is -4.62. The first-order chi connectivity index (χ1) is 14.6. The van der Waals surface area contributed by atoms with E-state index in [2.05, 4.69) is 10.1 Å². The van der Waals surface area contributed by atoms with E-state index in [-0.39, 0.29) is 18.0 Å². The van der Waals surface area contributed by atoms with Gasteiger partial charge in [0.1, 0.15) is 11.6 Å². The first-order valence-corrected chi connectivity index (χ1v) is 11.1. The number of nitrogens with one attached hydrogen (secondary N) is 1. The monoisotopic (exact) mass is 472 g/mol. The van der Waals surface area contributed by atoms with Gasteiger partial charge in [0.2, 0.25) is 15.9 Å². The molecule has 0 aromatic heterocycles. The molecular weight excluding hydrogens is 454 g/mol. The summed E-state index contributed by atoms with van der Waals surface area (Å²) in [6.45, 7) is 0.121. The lowest BCUT2D eigenvalue weighted by Gasteiger charge is -2.31. The van der Waals surface area contributed by atoms with E-state index in [1.54, 1.807) is 0 Å². The van der Waals surface area contributed by atoms with Crippen LogP contribution in [0.5, 0.6) is 0 Å². The average Bonchev–Trinajstić information content (AvgIpc) is 2.75. The van der Waals surface area contributed by atoms with Gasteiger partial charge in [-0.3, -0.25) is 4.79 Å². The van der Waals surface area contributed by atoms with Gasteiger partial charge in [-0.25, -0.2) is 22.0 Å². The quantitative estimate of drug-likeness (QED) is 0.673. The van der Waals surface area contributed by atoms with Crippen molar-refractivity contribution >= 4 is 39.2 Å². The van der Waals surface area contributed by atoms with Crippen molar-refractivity contribution in [3.05, 3.63) is 58.6 Å². The molecule has 166 valence electrons. The molecule has 3 rings (SSSR count). The summed E-state index contributed by atoms with van der Waals surface area (Å²) in [6, 6.07) is 6.99. The molecule has 1 aliphatic rings. The number of sulfonamides is 1. The second-order valence-electron chi connectivity index (χ2n) is 6.95. The van der Waals surface area contributed by atoms with Crippen molar-refractivity contribution in [2.24, 2.45) is 5.92 Å². The summed E-state index contributed by atoms with van der Waals surface area (Å²) >= 11 is 5.81. The molecule has 31 heavy (non-hydrogen) atoms. The predicted molar refractivity (Wildman–Crippen MR) is 109 cm³/mol. The zero-order valence-electron chi connectivity index (χ0n) is 16.4. The van der Waals surface area contributed by atoms with Crippen LogP contribution in [0.1, 0.15) is 23.2 Å². The van der Waals surface area contributed by atoms with Crippen LogP contribution < -0.4 is 5.32 Å². The smallest absolute Gasteiger partial charge is 0.340 e. The highest BCUT2D eigenvalue weighted by Crippen LogP contribution is 2.27. The highest BCUT2D eigenvalue weighted by molar-refractivity contribution is 7.89. The van der Waals surface area contributed by atoms with Crippen molar-refractivity contribution < 1.29 is 31.5 Å². The zero-order chi connectivity index (χ0) is 22.8. The number of methoxy groups -OCH3 is 1. The number of hydrogen-bond donors (Lipinski definition) is 1. The highest BCUT2D eigenvalue weighted by atomic mass is 35.5. The molecule has 7 nitrogen and oxygen atoms in total. The minimum absolute atomic E-state index is 0.0465. The highest BCUT2D eigenvalue weighted by Gasteiger charge is 2.33. The molecule has 11 heteroatoms. The van der Waals surface area contributed by atoms with Crippen molar-refractivity contribution in [1.29, 1.82) is 0 Å². The molecule has 0 radical (unpaired) electrons. The number of carbonyl (C=O) groups excluding carboxylic acids is 2. The number of ether oxygens (including phenoxy) is 1. The molecule has 1 saturated heterocycles. The number of rotatable bonds is 5. The molecule has 0 spiro atoms. The molecule has 1 atom stereocenters. The van der Waals surface area contributed by atoms with E-state index in [4.69, 9.17) is 11.6 Å². The van der Waals surface area contributed by atoms with E-state index >= 15 is 0 Å². The van der Waals surface area contributed by atoms with Gasteiger partial charge >= 0.3 is 5.97 Å². The number of amides is 1. The number of anilines is 1. The van der Waals surface area contributed by atoms with Crippen LogP contribution in [0.25, 0.3) is 0 Å². The molecule has 1 N–H and O–H groups in total. The Hall–Kier alpha value is -2.56. The van der Waals surface area contributed by atoms with Gasteiger partial charge in [-0.1, -0.05) is 11.6 Å². The number of esters is 1. The fourth-order valence-corrected chi connectivity index (χ4v) is 4.93. The molecule has 1 amide bonds. The summed E-state index contributed by atoms with van der Waals surface area (Å²) in [4.78, 5) is 24.3. The van der Waals surface area contributed by atoms with Crippen LogP contribution >= 0.6 is 11.6 Å². The van der Waals surface area contributed by atoms with Crippen molar-refractivity contribution in [1.82, 2.24) is 4.31 Å². The minimum atomic E-state index is -3.84. The van der Waals surface area contributed by atoms with Crippen molar-refractivity contribution in [3.63, 3.8) is 0 Å². The second kappa shape index (κ2) is 9.29. The Morgan fingerprint density at radius 3 is 2.48 bits per heavy atom. The number of hydrogen-bond acceptors (Lipinski definition) is 5. The van der Waals surface area contributed by atoms with Crippen LogP contribution in [0.3, 0.4) is 0 Å². The number of carbonyl (C=O) groups is 2. The molecule has 1 fully saturated rings. The fraction of sp³-hybridized carbons (Fsp3) is 0.300. The lowest BCUT2D eigenvalue weighted by Crippen LogP contribution is -2.43. The number of nitrogens with zero attached hydrogens (tertiary/aromatic N) is 1. The topological polar surface area (TPSA) is 92.8 Å². The molecule has 1 heterocycles. The molecular formula is C20H19ClF2N2O5S. The Morgan fingerprint density at radius 2 is 1.84 bits per heavy atom. The Morgan fingerprint density at radius 1 is 1.16 bits per heavy atom. The van der Waals surface area contributed by atoms with Gasteiger partial charge in [0, 0.05) is 24.2 Å². The molecule has 1 unspecified atom stereocenters. The van der Waals surface area contributed by atoms with Crippen LogP contribution in [-0.2, 0) is 19.6 Å². The maximum atomic E-state index is 14.1. The second-order valence-corrected chi connectivity index (χ2v) is 9.32. The van der Waals surface area contributed by atoms with E-state index in [9.17, 15) is 26.8 Å². The lowest BCUT2D eigenvalue weighted by molar-refractivity contribution is -0.120. The van der Waals surface area contributed by atoms with Crippen LogP contribution in [0.15, 0.2) is 41.3 Å². The van der Waals surface area contributed by atoms with Gasteiger partial charge < -0.3 is 10.1 Å². The Kier molecular flexibility index (Phi) is 6.93. The van der Waals surface area contributed by atoms with Gasteiger partial charge in [0.15, 0.2) is 0 Å². The molecule has 2 aromatic rings. The number of benzene rings is 2. The summed E-state index contributed by atoms with van der Waals surface area (Å²) in [6.07, 6.45) is 0.801. The minimum Gasteiger partial charge on any atom is -0.465 e. The van der Waals surface area contributed by atoms with E-state index in [0.29, 0.717) is 23.9 Å². The Labute approximate surface area is 183 Å². The average molecular weight is 473 g/mol. The first kappa shape index (κ1) is 23.1. The van der Waals surface area contributed by atoms with Gasteiger partial charge in [0.25, 0.3) is 0 Å². The molecule has 0 saturated carbocycles. The number of piperidine rings is 1. The Bertz CT molecular complexity index is 1110. The summed E-state index contributed by atoms with van der Waals surface area (Å²) in [7, 11) is -2.80. The standard InChI is InChI=1S/C20H19ClF2N2O5S/c1-30-20(27)15-9-18(17(23)10-16(15)22)24-19(26)12-3-2-8-25(11-12)31(28,29)14-6-4-13(21)5-7-14/h4-7,9-10,12H,2-3,8,11H2,1H3,(H,24,26). The van der Waals surface area contributed by atoms with Crippen molar-refractivity contribution in [3.8, 4) is 0 Å². The number of halogens is 3. The fourth-order valence-electron chi connectivity index (χ4n) is 3.28. The third-order valence-electron chi connectivity index (χ3n) is 4.93. The van der Waals surface area contributed by atoms with Gasteiger partial charge in [-0.2, -0.15) is 4.31 Å². The summed E-state index contributed by atoms with van der Waals surface area (Å²) in [5, 5.41) is 2.71. The van der Waals surface area contributed by atoms with E-state index in [1.807, 2.05) is 0 Å². The van der Waals surface area contributed by atoms with Crippen LogP contribution in [0.4, 0.5) is 14.5 Å². The van der Waals surface area contributed by atoms with E-state index in [1.165, 1.54) is 28.6 Å². The molecule has 1 aliphatic heterocycles. The summed E-state index contributed by atoms with van der Waals surface area (Å²) in [5.41, 5.74) is -0.931. The predicted octanol–water partition coefficient (Wildman–Crippen LogP) is 3.44.